The number of rotatable bonds is 7. The summed E-state index contributed by atoms with van der Waals surface area (Å²) >= 11 is 1.55. The van der Waals surface area contributed by atoms with E-state index >= 15 is 0 Å². The third kappa shape index (κ3) is 4.57. The van der Waals surface area contributed by atoms with Crippen molar-refractivity contribution >= 4 is 34.6 Å². The van der Waals surface area contributed by atoms with Gasteiger partial charge >= 0.3 is 5.97 Å². The largest absolute Gasteiger partial charge is 0.452 e. The Hall–Kier alpha value is -2.94. The molecule has 2 rings (SSSR count). The second-order valence-corrected chi connectivity index (χ2v) is 6.59. The van der Waals surface area contributed by atoms with Crippen LogP contribution in [-0.2, 0) is 16.1 Å². The first-order valence-electron chi connectivity index (χ1n) is 7.73. The Kier molecular flexibility index (Phi) is 6.29. The van der Waals surface area contributed by atoms with E-state index in [1.807, 2.05) is 18.4 Å². The van der Waals surface area contributed by atoms with Crippen molar-refractivity contribution in [1.82, 2.24) is 4.90 Å². The highest BCUT2D eigenvalue weighted by atomic mass is 32.1. The summed E-state index contributed by atoms with van der Waals surface area (Å²) in [6, 6.07) is 5.92. The molecule has 0 saturated heterocycles. The molecule has 0 radical (unpaired) electrons. The van der Waals surface area contributed by atoms with E-state index in [9.17, 15) is 19.7 Å². The van der Waals surface area contributed by atoms with E-state index < -0.39 is 17.5 Å². The van der Waals surface area contributed by atoms with Crippen molar-refractivity contribution in [3.05, 3.63) is 55.8 Å². The van der Waals surface area contributed by atoms with Gasteiger partial charge in [0.1, 0.15) is 5.69 Å². The first kappa shape index (κ1) is 19.4. The molecule has 0 saturated carbocycles. The van der Waals surface area contributed by atoms with Gasteiger partial charge in [-0.15, -0.1) is 11.3 Å². The third-order valence-corrected chi connectivity index (χ3v) is 4.81. The maximum absolute atomic E-state index is 12.1. The van der Waals surface area contributed by atoms with E-state index in [2.05, 4.69) is 5.32 Å². The minimum atomic E-state index is -0.787. The number of thiophene rings is 1. The molecule has 1 aromatic heterocycles. The molecule has 8 nitrogen and oxygen atoms in total. The van der Waals surface area contributed by atoms with Crippen LogP contribution in [0.15, 0.2) is 29.6 Å². The van der Waals surface area contributed by atoms with Gasteiger partial charge in [0.15, 0.2) is 6.61 Å². The zero-order valence-corrected chi connectivity index (χ0v) is 15.5. The molecule has 138 valence electrons. The van der Waals surface area contributed by atoms with E-state index in [0.29, 0.717) is 6.54 Å². The van der Waals surface area contributed by atoms with E-state index in [0.717, 1.165) is 16.5 Å². The van der Waals surface area contributed by atoms with Gasteiger partial charge in [0.2, 0.25) is 0 Å². The second kappa shape index (κ2) is 8.43. The number of benzene rings is 1. The van der Waals surface area contributed by atoms with Crippen LogP contribution in [0, 0.1) is 17.0 Å². The second-order valence-electron chi connectivity index (χ2n) is 5.59. The van der Waals surface area contributed by atoms with E-state index in [-0.39, 0.29) is 22.8 Å². The molecule has 0 aliphatic carbocycles. The number of hydrogen-bond acceptors (Lipinski definition) is 7. The number of carbonyl (C=O) groups excluding carboxylic acids is 2. The first-order valence-corrected chi connectivity index (χ1v) is 8.61. The number of ether oxygens (including phenoxy) is 1. The molecule has 9 heteroatoms. The lowest BCUT2D eigenvalue weighted by Crippen LogP contribution is -2.30. The quantitative estimate of drug-likeness (QED) is 0.452. The van der Waals surface area contributed by atoms with Crippen LogP contribution in [0.25, 0.3) is 0 Å². The summed E-state index contributed by atoms with van der Waals surface area (Å²) in [5.41, 5.74) is 1.16. The number of carbonyl (C=O) groups is 2. The van der Waals surface area contributed by atoms with Gasteiger partial charge in [-0.2, -0.15) is 0 Å². The SMILES string of the molecule is CNc1ccc(C(=O)OCC(=O)N(C)Cc2sccc2C)cc1[N+](=O)[O-]. The molecular formula is C17H19N3O5S. The average Bonchev–Trinajstić information content (AvgIpc) is 3.03. The van der Waals surface area contributed by atoms with Crippen LogP contribution in [0.1, 0.15) is 20.8 Å². The van der Waals surface area contributed by atoms with Gasteiger partial charge in [0.05, 0.1) is 17.0 Å². The van der Waals surface area contributed by atoms with Crippen molar-refractivity contribution in [3.63, 3.8) is 0 Å². The van der Waals surface area contributed by atoms with Crippen molar-refractivity contribution in [2.24, 2.45) is 0 Å². The number of nitrogens with one attached hydrogen (secondary N) is 1. The predicted octanol–water partition coefficient (Wildman–Crippen LogP) is 2.82. The monoisotopic (exact) mass is 377 g/mol. The summed E-state index contributed by atoms with van der Waals surface area (Å²) in [6.45, 7) is 1.97. The molecule has 0 aliphatic rings. The average molecular weight is 377 g/mol. The summed E-state index contributed by atoms with van der Waals surface area (Å²) in [4.78, 5) is 37.2. The highest BCUT2D eigenvalue weighted by molar-refractivity contribution is 7.10. The minimum absolute atomic E-state index is 0.0141. The summed E-state index contributed by atoms with van der Waals surface area (Å²) in [5.74, 6) is -1.14. The van der Waals surface area contributed by atoms with Gasteiger partial charge in [-0.05, 0) is 36.1 Å². The fourth-order valence-electron chi connectivity index (χ4n) is 2.21. The molecule has 26 heavy (non-hydrogen) atoms. The number of aryl methyl sites for hydroxylation is 1. The molecule has 1 aromatic carbocycles. The Balaban J connectivity index is 1.97. The fraction of sp³-hybridized carbons (Fsp3) is 0.294. The van der Waals surface area contributed by atoms with Crippen LogP contribution >= 0.6 is 11.3 Å². The summed E-state index contributed by atoms with van der Waals surface area (Å²) < 4.78 is 5.00. The molecule has 0 unspecified atom stereocenters. The van der Waals surface area contributed by atoms with Crippen LogP contribution in [0.3, 0.4) is 0 Å². The van der Waals surface area contributed by atoms with Crippen molar-refractivity contribution in [1.29, 1.82) is 0 Å². The highest BCUT2D eigenvalue weighted by Crippen LogP contribution is 2.25. The first-order chi connectivity index (χ1) is 12.3. The molecule has 2 aromatic rings. The van der Waals surface area contributed by atoms with Crippen molar-refractivity contribution in [3.8, 4) is 0 Å². The van der Waals surface area contributed by atoms with E-state index in [4.69, 9.17) is 4.74 Å². The summed E-state index contributed by atoms with van der Waals surface area (Å²) in [7, 11) is 3.17. The normalized spacial score (nSPS) is 10.3. The van der Waals surface area contributed by atoms with Gasteiger partial charge in [-0.1, -0.05) is 0 Å². The lowest BCUT2D eigenvalue weighted by molar-refractivity contribution is -0.384. The lowest BCUT2D eigenvalue weighted by atomic mass is 10.1. The topological polar surface area (TPSA) is 102 Å². The number of esters is 1. The maximum Gasteiger partial charge on any atom is 0.338 e. The van der Waals surface area contributed by atoms with Gasteiger partial charge in [0.25, 0.3) is 11.6 Å². The van der Waals surface area contributed by atoms with E-state index in [1.165, 1.54) is 17.0 Å². The molecule has 1 N–H and O–H groups in total. The number of amides is 1. The molecule has 0 bridgehead atoms. The standard InChI is InChI=1S/C17H19N3O5S/c1-11-6-7-26-15(11)9-19(3)16(21)10-25-17(22)12-4-5-13(18-2)14(8-12)20(23)24/h4-8,18H,9-10H2,1-3H3. The predicted molar refractivity (Wildman–Crippen MR) is 98.5 cm³/mol. The van der Waals surface area contributed by atoms with Crippen molar-refractivity contribution < 1.29 is 19.2 Å². The molecular weight excluding hydrogens is 358 g/mol. The molecule has 0 spiro atoms. The molecule has 1 heterocycles. The third-order valence-electron chi connectivity index (χ3n) is 3.80. The van der Waals surface area contributed by atoms with Gasteiger partial charge in [0, 0.05) is 25.0 Å². The maximum atomic E-state index is 12.1. The number of hydrogen-bond donors (Lipinski definition) is 1. The van der Waals surface area contributed by atoms with Crippen LogP contribution < -0.4 is 5.32 Å². The number of nitro benzene ring substituents is 1. The number of anilines is 1. The van der Waals surface area contributed by atoms with Gasteiger partial charge in [-0.3, -0.25) is 14.9 Å². The number of nitrogens with zero attached hydrogens (tertiary/aromatic N) is 2. The Morgan fingerprint density at radius 3 is 2.65 bits per heavy atom. The number of likely N-dealkylation sites (N-methyl/N-ethyl adjacent to an activating group) is 1. The lowest BCUT2D eigenvalue weighted by Gasteiger charge is -2.16. The summed E-state index contributed by atoms with van der Waals surface area (Å²) in [5, 5.41) is 15.7. The van der Waals surface area contributed by atoms with Crippen molar-refractivity contribution in [2.75, 3.05) is 26.0 Å². The Labute approximate surface area is 154 Å². The Morgan fingerprint density at radius 1 is 1.35 bits per heavy atom. The van der Waals surface area contributed by atoms with Crippen molar-refractivity contribution in [2.45, 2.75) is 13.5 Å². The van der Waals surface area contributed by atoms with Crippen LogP contribution in [0.5, 0.6) is 0 Å². The highest BCUT2D eigenvalue weighted by Gasteiger charge is 2.19. The van der Waals surface area contributed by atoms with Gasteiger partial charge in [-0.25, -0.2) is 4.79 Å². The molecule has 1 amide bonds. The Bertz CT molecular complexity index is 834. The zero-order chi connectivity index (χ0) is 19.3. The molecule has 0 aliphatic heterocycles. The van der Waals surface area contributed by atoms with Crippen LogP contribution in [0.4, 0.5) is 11.4 Å². The van der Waals surface area contributed by atoms with E-state index in [1.54, 1.807) is 25.4 Å². The smallest absolute Gasteiger partial charge is 0.338 e. The Morgan fingerprint density at radius 2 is 2.08 bits per heavy atom. The summed E-state index contributed by atoms with van der Waals surface area (Å²) in [6.07, 6.45) is 0. The molecule has 0 atom stereocenters. The van der Waals surface area contributed by atoms with Crippen LogP contribution in [0.2, 0.25) is 0 Å². The number of nitro groups is 1. The van der Waals surface area contributed by atoms with Gasteiger partial charge < -0.3 is 15.0 Å². The fourth-order valence-corrected chi connectivity index (χ4v) is 3.17. The molecule has 0 fully saturated rings. The van der Waals surface area contributed by atoms with Crippen LogP contribution in [-0.4, -0.2) is 42.4 Å². The minimum Gasteiger partial charge on any atom is -0.452 e. The zero-order valence-electron chi connectivity index (χ0n) is 14.6.